The third-order valence-corrected chi connectivity index (χ3v) is 4.83. The fourth-order valence-electron chi connectivity index (χ4n) is 3.30. The predicted octanol–water partition coefficient (Wildman–Crippen LogP) is 3.19. The normalized spacial score (nSPS) is 19.4. The molecule has 156 valence electrons. The van der Waals surface area contributed by atoms with Crippen LogP contribution in [-0.4, -0.2) is 60.1 Å². The molecule has 0 aliphatic carbocycles. The van der Waals surface area contributed by atoms with E-state index in [2.05, 4.69) is 5.32 Å². The van der Waals surface area contributed by atoms with E-state index in [9.17, 15) is 14.0 Å². The van der Waals surface area contributed by atoms with Crippen LogP contribution in [0.25, 0.3) is 0 Å². The number of carbonyl (C=O) groups is 2. The number of piperazine rings is 1. The van der Waals surface area contributed by atoms with Crippen LogP contribution in [-0.2, 0) is 9.53 Å². The van der Waals surface area contributed by atoms with Crippen molar-refractivity contribution >= 4 is 12.0 Å². The van der Waals surface area contributed by atoms with Gasteiger partial charge in [0.25, 0.3) is 0 Å². The summed E-state index contributed by atoms with van der Waals surface area (Å²) in [6.45, 7) is 10.6. The molecule has 1 aliphatic rings. The Morgan fingerprint density at radius 3 is 2.43 bits per heavy atom. The second-order valence-electron chi connectivity index (χ2n) is 8.67. The lowest BCUT2D eigenvalue weighted by Crippen LogP contribution is -2.57. The Kier molecular flexibility index (Phi) is 7.04. The van der Waals surface area contributed by atoms with Gasteiger partial charge in [-0.15, -0.1) is 0 Å². The maximum Gasteiger partial charge on any atom is 0.408 e. The number of likely N-dealkylation sites (N-methyl/N-ethyl adjacent to an activating group) is 1. The Balaban J connectivity index is 2.14. The first kappa shape index (κ1) is 22.1. The monoisotopic (exact) mass is 393 g/mol. The van der Waals surface area contributed by atoms with E-state index in [4.69, 9.17) is 4.74 Å². The summed E-state index contributed by atoms with van der Waals surface area (Å²) in [6.07, 6.45) is -0.612. The van der Waals surface area contributed by atoms with Gasteiger partial charge in [0.05, 0.1) is 6.04 Å². The third-order valence-electron chi connectivity index (χ3n) is 4.83. The fourth-order valence-corrected chi connectivity index (χ4v) is 3.30. The summed E-state index contributed by atoms with van der Waals surface area (Å²) in [6, 6.07) is 5.72. The second kappa shape index (κ2) is 8.90. The summed E-state index contributed by atoms with van der Waals surface area (Å²) in [7, 11) is 1.93. The van der Waals surface area contributed by atoms with Gasteiger partial charge >= 0.3 is 6.09 Å². The van der Waals surface area contributed by atoms with Gasteiger partial charge in [-0.05, 0) is 39.8 Å². The van der Waals surface area contributed by atoms with Gasteiger partial charge in [-0.2, -0.15) is 0 Å². The number of amides is 2. The molecule has 1 fully saturated rings. The fraction of sp³-hybridized carbons (Fsp3) is 0.619. The molecule has 2 rings (SSSR count). The van der Waals surface area contributed by atoms with Crippen molar-refractivity contribution in [2.75, 3.05) is 26.7 Å². The Morgan fingerprint density at radius 2 is 1.86 bits per heavy atom. The Hall–Kier alpha value is -2.15. The number of alkyl carbamates (subject to hydrolysis) is 1. The van der Waals surface area contributed by atoms with Gasteiger partial charge in [-0.25, -0.2) is 9.18 Å². The van der Waals surface area contributed by atoms with Gasteiger partial charge in [-0.1, -0.05) is 32.0 Å². The molecule has 0 bridgehead atoms. The number of benzene rings is 1. The molecule has 6 nitrogen and oxygen atoms in total. The van der Waals surface area contributed by atoms with Crippen LogP contribution in [0.5, 0.6) is 0 Å². The number of hydrogen-bond acceptors (Lipinski definition) is 4. The van der Waals surface area contributed by atoms with Crippen LogP contribution in [0, 0.1) is 11.7 Å². The molecule has 1 aliphatic heterocycles. The molecule has 0 spiro atoms. The number of ether oxygens (including phenoxy) is 1. The van der Waals surface area contributed by atoms with Crippen molar-refractivity contribution in [1.82, 2.24) is 15.1 Å². The van der Waals surface area contributed by atoms with Crippen molar-refractivity contribution in [2.45, 2.75) is 52.3 Å². The molecular formula is C21H32FN3O3. The zero-order chi connectivity index (χ0) is 21.1. The Bertz CT molecular complexity index is 702. The molecule has 1 heterocycles. The van der Waals surface area contributed by atoms with Crippen LogP contribution in [0.4, 0.5) is 9.18 Å². The summed E-state index contributed by atoms with van der Waals surface area (Å²) in [4.78, 5) is 29.1. The summed E-state index contributed by atoms with van der Waals surface area (Å²) >= 11 is 0. The molecule has 28 heavy (non-hydrogen) atoms. The van der Waals surface area contributed by atoms with Gasteiger partial charge < -0.3 is 15.0 Å². The number of rotatable bonds is 4. The lowest BCUT2D eigenvalue weighted by atomic mass is 9.99. The number of hydrogen-bond donors (Lipinski definition) is 1. The zero-order valence-corrected chi connectivity index (χ0v) is 17.7. The van der Waals surface area contributed by atoms with E-state index in [0.29, 0.717) is 25.2 Å². The van der Waals surface area contributed by atoms with Crippen LogP contribution in [0.1, 0.15) is 46.2 Å². The molecule has 7 heteroatoms. The van der Waals surface area contributed by atoms with E-state index in [1.165, 1.54) is 6.07 Å². The van der Waals surface area contributed by atoms with Crippen LogP contribution in [0.15, 0.2) is 24.3 Å². The largest absolute Gasteiger partial charge is 0.444 e. The van der Waals surface area contributed by atoms with Crippen LogP contribution >= 0.6 is 0 Å². The van der Waals surface area contributed by atoms with Gasteiger partial charge in [0.1, 0.15) is 17.5 Å². The Morgan fingerprint density at radius 1 is 1.21 bits per heavy atom. The lowest BCUT2D eigenvalue weighted by molar-refractivity contribution is -0.137. The SMILES string of the molecule is CC(C)C(NC(=O)OC(C)(C)C)C(=O)N1CCN(C)C(c2ccccc2F)C1. The highest BCUT2D eigenvalue weighted by atomic mass is 19.1. The smallest absolute Gasteiger partial charge is 0.408 e. The molecular weight excluding hydrogens is 361 g/mol. The standard InChI is InChI=1S/C21H32FN3O3/c1-14(2)18(23-20(27)28-21(3,4)5)19(26)25-12-11-24(6)17(13-25)15-9-7-8-10-16(15)22/h7-10,14,17-18H,11-13H2,1-6H3,(H,23,27). The van der Waals surface area contributed by atoms with E-state index in [0.717, 1.165) is 0 Å². The summed E-state index contributed by atoms with van der Waals surface area (Å²) in [5.41, 5.74) is -0.0676. The number of carbonyl (C=O) groups excluding carboxylic acids is 2. The second-order valence-corrected chi connectivity index (χ2v) is 8.67. The molecule has 1 aromatic carbocycles. The number of nitrogens with one attached hydrogen (secondary N) is 1. The average Bonchev–Trinajstić information content (AvgIpc) is 2.58. The van der Waals surface area contributed by atoms with Crippen molar-refractivity contribution in [3.8, 4) is 0 Å². The molecule has 2 atom stereocenters. The number of halogens is 1. The molecule has 2 amide bonds. The third kappa shape index (κ3) is 5.67. The lowest BCUT2D eigenvalue weighted by Gasteiger charge is -2.41. The summed E-state index contributed by atoms with van der Waals surface area (Å²) in [5.74, 6) is -0.553. The first-order valence-electron chi connectivity index (χ1n) is 9.72. The summed E-state index contributed by atoms with van der Waals surface area (Å²) in [5, 5.41) is 2.71. The van der Waals surface area contributed by atoms with Crippen LogP contribution < -0.4 is 5.32 Å². The van der Waals surface area contributed by atoms with E-state index < -0.39 is 17.7 Å². The molecule has 0 saturated carbocycles. The maximum absolute atomic E-state index is 14.3. The minimum Gasteiger partial charge on any atom is -0.444 e. The van der Waals surface area contributed by atoms with Crippen molar-refractivity contribution in [2.24, 2.45) is 5.92 Å². The highest BCUT2D eigenvalue weighted by Crippen LogP contribution is 2.27. The van der Waals surface area contributed by atoms with Crippen molar-refractivity contribution < 1.29 is 18.7 Å². The van der Waals surface area contributed by atoms with Crippen molar-refractivity contribution in [1.29, 1.82) is 0 Å². The minimum atomic E-state index is -0.695. The molecule has 1 saturated heterocycles. The predicted molar refractivity (Wildman–Crippen MR) is 106 cm³/mol. The van der Waals surface area contributed by atoms with Crippen molar-refractivity contribution in [3.63, 3.8) is 0 Å². The van der Waals surface area contributed by atoms with E-state index in [1.54, 1.807) is 43.9 Å². The minimum absolute atomic E-state index is 0.105. The summed E-state index contributed by atoms with van der Waals surface area (Å²) < 4.78 is 19.6. The molecule has 0 radical (unpaired) electrons. The van der Waals surface area contributed by atoms with E-state index in [1.807, 2.05) is 25.8 Å². The van der Waals surface area contributed by atoms with Crippen molar-refractivity contribution in [3.05, 3.63) is 35.6 Å². The van der Waals surface area contributed by atoms with E-state index in [-0.39, 0.29) is 23.7 Å². The molecule has 2 unspecified atom stereocenters. The Labute approximate surface area is 167 Å². The molecule has 0 aromatic heterocycles. The molecule has 1 N–H and O–H groups in total. The van der Waals surface area contributed by atoms with Gasteiger partial charge in [-0.3, -0.25) is 9.69 Å². The molecule has 1 aromatic rings. The first-order chi connectivity index (χ1) is 13.0. The van der Waals surface area contributed by atoms with Crippen LogP contribution in [0.2, 0.25) is 0 Å². The highest BCUT2D eigenvalue weighted by Gasteiger charge is 2.35. The first-order valence-corrected chi connectivity index (χ1v) is 9.72. The van der Waals surface area contributed by atoms with Gasteiger partial charge in [0, 0.05) is 25.2 Å². The van der Waals surface area contributed by atoms with Gasteiger partial charge in [0.2, 0.25) is 5.91 Å². The zero-order valence-electron chi connectivity index (χ0n) is 17.7. The quantitative estimate of drug-likeness (QED) is 0.853. The van der Waals surface area contributed by atoms with Crippen LogP contribution in [0.3, 0.4) is 0 Å². The van der Waals surface area contributed by atoms with E-state index >= 15 is 0 Å². The number of nitrogens with zero attached hydrogens (tertiary/aromatic N) is 2. The topological polar surface area (TPSA) is 61.9 Å². The maximum atomic E-state index is 14.3. The average molecular weight is 394 g/mol. The highest BCUT2D eigenvalue weighted by molar-refractivity contribution is 5.86. The van der Waals surface area contributed by atoms with Gasteiger partial charge in [0.15, 0.2) is 0 Å².